The van der Waals surface area contributed by atoms with Crippen LogP contribution in [0.4, 0.5) is 11.4 Å². The van der Waals surface area contributed by atoms with Gasteiger partial charge in [0.25, 0.3) is 0 Å². The molecule has 0 saturated heterocycles. The summed E-state index contributed by atoms with van der Waals surface area (Å²) >= 11 is 0. The van der Waals surface area contributed by atoms with Crippen LogP contribution in [0.1, 0.15) is 19.4 Å². The van der Waals surface area contributed by atoms with E-state index in [1.54, 1.807) is 0 Å². The molecule has 0 aliphatic rings. The summed E-state index contributed by atoms with van der Waals surface area (Å²) in [7, 11) is 0. The average molecular weight is 280 g/mol. The molecule has 0 spiro atoms. The van der Waals surface area contributed by atoms with Gasteiger partial charge in [0.2, 0.25) is 5.91 Å². The lowest BCUT2D eigenvalue weighted by Crippen LogP contribution is -2.15. The number of allylic oxidation sites excluding steroid dienone is 1. The second-order valence-corrected chi connectivity index (χ2v) is 4.83. The van der Waals surface area contributed by atoms with Crippen LogP contribution in [0, 0.1) is 0 Å². The fourth-order valence-corrected chi connectivity index (χ4v) is 2.16. The molecule has 2 aromatic rings. The minimum Gasteiger partial charge on any atom is -0.344 e. The Labute approximate surface area is 125 Å². The van der Waals surface area contributed by atoms with Crippen LogP contribution in [0.5, 0.6) is 0 Å². The van der Waals surface area contributed by atoms with Gasteiger partial charge >= 0.3 is 0 Å². The van der Waals surface area contributed by atoms with Crippen molar-refractivity contribution in [3.05, 3.63) is 72.4 Å². The van der Waals surface area contributed by atoms with Crippen molar-refractivity contribution >= 4 is 17.3 Å². The molecule has 108 valence electrons. The third-order valence-electron chi connectivity index (χ3n) is 3.02. The Morgan fingerprint density at radius 2 is 1.90 bits per heavy atom. The van der Waals surface area contributed by atoms with E-state index < -0.39 is 0 Å². The first-order valence-electron chi connectivity index (χ1n) is 7.00. The summed E-state index contributed by atoms with van der Waals surface area (Å²) in [6.45, 7) is 4.30. The number of carbonyl (C=O) groups is 1. The maximum Gasteiger partial charge on any atom is 0.221 e. The summed E-state index contributed by atoms with van der Waals surface area (Å²) < 4.78 is 0. The van der Waals surface area contributed by atoms with E-state index in [-0.39, 0.29) is 5.91 Å². The number of carbonyl (C=O) groups excluding carboxylic acids is 1. The Balaban J connectivity index is 2.23. The minimum atomic E-state index is -0.0622. The maximum atomic E-state index is 11.2. The molecule has 1 N–H and O–H groups in total. The van der Waals surface area contributed by atoms with Crippen LogP contribution in [0.3, 0.4) is 0 Å². The van der Waals surface area contributed by atoms with E-state index in [1.165, 1.54) is 12.5 Å². The second kappa shape index (κ2) is 7.29. The number of nitrogens with zero attached hydrogens (tertiary/aromatic N) is 1. The van der Waals surface area contributed by atoms with Crippen LogP contribution in [0.25, 0.3) is 0 Å². The normalized spacial score (nSPS) is 10.6. The highest BCUT2D eigenvalue weighted by molar-refractivity contribution is 5.89. The molecule has 3 heteroatoms. The second-order valence-electron chi connectivity index (χ2n) is 4.83. The molecule has 0 aliphatic carbocycles. The SMILES string of the molecule is CC=CN(Cc1ccccc1)c1cccc(NC(C)=O)c1. The molecule has 1 amide bonds. The molecule has 3 nitrogen and oxygen atoms in total. The predicted octanol–water partition coefficient (Wildman–Crippen LogP) is 4.19. The molecule has 0 fully saturated rings. The van der Waals surface area contributed by atoms with Gasteiger partial charge in [-0.05, 0) is 30.7 Å². The lowest BCUT2D eigenvalue weighted by atomic mass is 10.2. The molecular formula is C18H20N2O. The first-order valence-corrected chi connectivity index (χ1v) is 7.00. The fourth-order valence-electron chi connectivity index (χ4n) is 2.16. The number of nitrogens with one attached hydrogen (secondary N) is 1. The molecule has 2 aromatic carbocycles. The Bertz CT molecular complexity index is 620. The molecule has 0 aromatic heterocycles. The van der Waals surface area contributed by atoms with Crippen molar-refractivity contribution in [1.29, 1.82) is 0 Å². The van der Waals surface area contributed by atoms with E-state index in [1.807, 2.05) is 61.7 Å². The summed E-state index contributed by atoms with van der Waals surface area (Å²) in [4.78, 5) is 13.3. The zero-order chi connectivity index (χ0) is 15.1. The van der Waals surface area contributed by atoms with Gasteiger partial charge in [-0.1, -0.05) is 42.5 Å². The standard InChI is InChI=1S/C18H20N2O/c1-3-12-20(14-16-8-5-4-6-9-16)18-11-7-10-17(13-18)19-15(2)21/h3-13H,14H2,1-2H3,(H,19,21). The van der Waals surface area contributed by atoms with Gasteiger partial charge in [0.1, 0.15) is 0 Å². The van der Waals surface area contributed by atoms with Crippen LogP contribution in [-0.2, 0) is 11.3 Å². The molecule has 0 radical (unpaired) electrons. The summed E-state index contributed by atoms with van der Waals surface area (Å²) in [6.07, 6.45) is 4.05. The predicted molar refractivity (Wildman–Crippen MR) is 88.2 cm³/mol. The number of anilines is 2. The van der Waals surface area contributed by atoms with Crippen LogP contribution < -0.4 is 10.2 Å². The molecule has 0 bridgehead atoms. The highest BCUT2D eigenvalue weighted by Gasteiger charge is 2.05. The van der Waals surface area contributed by atoms with Crippen molar-refractivity contribution in [3.63, 3.8) is 0 Å². The molecule has 0 saturated carbocycles. The first kappa shape index (κ1) is 14.9. The van der Waals surface area contributed by atoms with Crippen molar-refractivity contribution in [3.8, 4) is 0 Å². The zero-order valence-corrected chi connectivity index (χ0v) is 12.4. The topological polar surface area (TPSA) is 32.3 Å². The molecule has 0 aliphatic heterocycles. The lowest BCUT2D eigenvalue weighted by molar-refractivity contribution is -0.114. The summed E-state index contributed by atoms with van der Waals surface area (Å²) in [5.41, 5.74) is 3.09. The Morgan fingerprint density at radius 1 is 1.14 bits per heavy atom. The molecule has 21 heavy (non-hydrogen) atoms. The average Bonchev–Trinajstić information content (AvgIpc) is 2.47. The van der Waals surface area contributed by atoms with Gasteiger partial charge in [0, 0.05) is 31.0 Å². The first-order chi connectivity index (χ1) is 10.2. The van der Waals surface area contributed by atoms with Crippen LogP contribution in [0.15, 0.2) is 66.9 Å². The van der Waals surface area contributed by atoms with Gasteiger partial charge in [-0.25, -0.2) is 0 Å². The largest absolute Gasteiger partial charge is 0.344 e. The lowest BCUT2D eigenvalue weighted by Gasteiger charge is -2.21. The van der Waals surface area contributed by atoms with E-state index >= 15 is 0 Å². The van der Waals surface area contributed by atoms with E-state index in [2.05, 4.69) is 22.3 Å². The summed E-state index contributed by atoms with van der Waals surface area (Å²) in [6, 6.07) is 18.2. The minimum absolute atomic E-state index is 0.0622. The van der Waals surface area contributed by atoms with Gasteiger partial charge in [-0.15, -0.1) is 0 Å². The maximum absolute atomic E-state index is 11.2. The van der Waals surface area contributed by atoms with Crippen molar-refractivity contribution in [2.75, 3.05) is 10.2 Å². The molecular weight excluding hydrogens is 260 g/mol. The molecule has 0 atom stereocenters. The van der Waals surface area contributed by atoms with Crippen LogP contribution >= 0.6 is 0 Å². The smallest absolute Gasteiger partial charge is 0.221 e. The molecule has 0 unspecified atom stereocenters. The van der Waals surface area contributed by atoms with Gasteiger partial charge < -0.3 is 10.2 Å². The quantitative estimate of drug-likeness (QED) is 0.891. The molecule has 0 heterocycles. The van der Waals surface area contributed by atoms with E-state index in [9.17, 15) is 4.79 Å². The highest BCUT2D eigenvalue weighted by atomic mass is 16.1. The Hall–Kier alpha value is -2.55. The van der Waals surface area contributed by atoms with Gasteiger partial charge in [0.15, 0.2) is 0 Å². The van der Waals surface area contributed by atoms with Crippen LogP contribution in [0.2, 0.25) is 0 Å². The monoisotopic (exact) mass is 280 g/mol. The number of amides is 1. The fraction of sp³-hybridized carbons (Fsp3) is 0.167. The Morgan fingerprint density at radius 3 is 2.57 bits per heavy atom. The number of hydrogen-bond donors (Lipinski definition) is 1. The Kier molecular flexibility index (Phi) is 5.16. The molecule has 2 rings (SSSR count). The highest BCUT2D eigenvalue weighted by Crippen LogP contribution is 2.22. The van der Waals surface area contributed by atoms with Crippen molar-refractivity contribution < 1.29 is 4.79 Å². The van der Waals surface area contributed by atoms with Crippen molar-refractivity contribution in [1.82, 2.24) is 0 Å². The van der Waals surface area contributed by atoms with Gasteiger partial charge in [-0.2, -0.15) is 0 Å². The van der Waals surface area contributed by atoms with Crippen LogP contribution in [-0.4, -0.2) is 5.91 Å². The van der Waals surface area contributed by atoms with Gasteiger partial charge in [0.05, 0.1) is 0 Å². The number of rotatable bonds is 5. The third-order valence-corrected chi connectivity index (χ3v) is 3.02. The van der Waals surface area contributed by atoms with E-state index in [0.29, 0.717) is 0 Å². The van der Waals surface area contributed by atoms with E-state index in [4.69, 9.17) is 0 Å². The number of hydrogen-bond acceptors (Lipinski definition) is 2. The zero-order valence-electron chi connectivity index (χ0n) is 12.4. The van der Waals surface area contributed by atoms with Crippen molar-refractivity contribution in [2.24, 2.45) is 0 Å². The van der Waals surface area contributed by atoms with E-state index in [0.717, 1.165) is 17.9 Å². The summed E-state index contributed by atoms with van der Waals surface area (Å²) in [5, 5.41) is 2.82. The van der Waals surface area contributed by atoms with Crippen molar-refractivity contribution in [2.45, 2.75) is 20.4 Å². The van der Waals surface area contributed by atoms with Gasteiger partial charge in [-0.3, -0.25) is 4.79 Å². The summed E-state index contributed by atoms with van der Waals surface area (Å²) in [5.74, 6) is -0.0622. The third kappa shape index (κ3) is 4.49. The number of benzene rings is 2.